The highest BCUT2D eigenvalue weighted by atomic mass is 32.2. The molecule has 224 valence electrons. The zero-order valence-corrected chi connectivity index (χ0v) is 23.5. The molecule has 11 nitrogen and oxygen atoms in total. The number of pyridine rings is 1. The average Bonchev–Trinajstić information content (AvgIpc) is 3.28. The van der Waals surface area contributed by atoms with Crippen LogP contribution in [0, 0.1) is 5.92 Å². The summed E-state index contributed by atoms with van der Waals surface area (Å²) in [6, 6.07) is 1.38. The second-order valence-electron chi connectivity index (χ2n) is 10.2. The second kappa shape index (κ2) is 10.7. The van der Waals surface area contributed by atoms with Gasteiger partial charge >= 0.3 is 6.36 Å². The van der Waals surface area contributed by atoms with E-state index < -0.39 is 40.0 Å². The van der Waals surface area contributed by atoms with Crippen molar-refractivity contribution in [3.05, 3.63) is 23.5 Å². The molecule has 0 aromatic carbocycles. The lowest BCUT2D eigenvalue weighted by molar-refractivity contribution is -0.327. The minimum absolute atomic E-state index is 0.0103. The van der Waals surface area contributed by atoms with Crippen molar-refractivity contribution in [3.8, 4) is 10.8 Å². The molecule has 4 heterocycles. The Balaban J connectivity index is 1.53. The number of fused-ring (bicyclic) bond motifs is 1. The third kappa shape index (κ3) is 6.29. The van der Waals surface area contributed by atoms with E-state index in [0.717, 1.165) is 0 Å². The van der Waals surface area contributed by atoms with E-state index in [1.54, 1.807) is 18.7 Å². The number of sulfonamides is 1. The van der Waals surface area contributed by atoms with E-state index in [2.05, 4.69) is 24.6 Å². The zero-order valence-electron chi connectivity index (χ0n) is 21.9. The van der Waals surface area contributed by atoms with E-state index >= 15 is 0 Å². The molecule has 1 N–H and O–H groups in total. The van der Waals surface area contributed by atoms with Crippen LogP contribution in [-0.4, -0.2) is 83.5 Å². The van der Waals surface area contributed by atoms with E-state index in [1.165, 1.54) is 22.9 Å². The van der Waals surface area contributed by atoms with Crippen molar-refractivity contribution in [1.82, 2.24) is 29.2 Å². The fourth-order valence-corrected chi connectivity index (χ4v) is 6.70. The molecule has 3 aromatic rings. The molecule has 2 aliphatic rings. The first-order valence-corrected chi connectivity index (χ1v) is 14.9. The molecule has 0 atom stereocenters. The molecule has 18 heteroatoms. The summed E-state index contributed by atoms with van der Waals surface area (Å²) in [6.45, 7) is 4.21. The van der Waals surface area contributed by atoms with Gasteiger partial charge in [-0.3, -0.25) is 13.9 Å². The first kappa shape index (κ1) is 29.5. The van der Waals surface area contributed by atoms with E-state index in [9.17, 15) is 35.2 Å². The number of carbonyl (C=O) groups excluding carboxylic acids is 1. The molecule has 1 aliphatic carbocycles. The Morgan fingerprint density at radius 2 is 1.85 bits per heavy atom. The molecule has 1 saturated heterocycles. The van der Waals surface area contributed by atoms with Crippen molar-refractivity contribution >= 4 is 38.5 Å². The topological polar surface area (TPSA) is 122 Å². The summed E-state index contributed by atoms with van der Waals surface area (Å²) in [5.41, 5.74) is -0.536. The standard InChI is InChI=1S/C23H26F5N7O4S2/c1-13(2)21(36)34-7-5-33(6-8-34)15-9-14(41(37,38)32-22(3-4-22)12-39-23(26,27)28)11-35-16(15)10-29-18(35)20-31-30-19(40-20)17(24)25/h9-11,13,17,32H,3-8,12H2,1-2H3. The van der Waals surface area contributed by atoms with Crippen LogP contribution in [0.25, 0.3) is 16.3 Å². The van der Waals surface area contributed by atoms with Crippen LogP contribution in [0.15, 0.2) is 23.4 Å². The van der Waals surface area contributed by atoms with Crippen molar-refractivity contribution in [2.45, 2.75) is 49.9 Å². The number of alkyl halides is 5. The first-order chi connectivity index (χ1) is 19.2. The molecule has 0 bridgehead atoms. The van der Waals surface area contributed by atoms with Gasteiger partial charge in [-0.15, -0.1) is 23.4 Å². The van der Waals surface area contributed by atoms with Gasteiger partial charge in [0.05, 0.1) is 29.5 Å². The Labute approximate surface area is 235 Å². The molecule has 0 unspecified atom stereocenters. The lowest BCUT2D eigenvalue weighted by Crippen LogP contribution is -2.50. The number of rotatable bonds is 9. The number of imidazole rings is 1. The van der Waals surface area contributed by atoms with Gasteiger partial charge in [-0.05, 0) is 18.9 Å². The number of halogens is 5. The molecular formula is C23H26F5N7O4S2. The van der Waals surface area contributed by atoms with Gasteiger partial charge in [-0.1, -0.05) is 25.2 Å². The number of ether oxygens (including phenoxy) is 1. The van der Waals surface area contributed by atoms with Crippen molar-refractivity contribution < 1.29 is 39.9 Å². The van der Waals surface area contributed by atoms with Crippen molar-refractivity contribution in [3.63, 3.8) is 0 Å². The monoisotopic (exact) mass is 623 g/mol. The fraction of sp³-hybridized carbons (Fsp3) is 0.565. The number of hydrogen-bond acceptors (Lipinski definition) is 9. The van der Waals surface area contributed by atoms with Gasteiger partial charge < -0.3 is 9.80 Å². The Hall–Kier alpha value is -2.96. The maximum atomic E-state index is 13.5. The Kier molecular flexibility index (Phi) is 7.71. The number of nitrogens with zero attached hydrogens (tertiary/aromatic N) is 6. The summed E-state index contributed by atoms with van der Waals surface area (Å²) < 4.78 is 98.9. The molecule has 1 aliphatic heterocycles. The van der Waals surface area contributed by atoms with Gasteiger partial charge in [0.15, 0.2) is 15.8 Å². The predicted octanol–water partition coefficient (Wildman–Crippen LogP) is 3.44. The third-order valence-corrected chi connectivity index (χ3v) is 9.34. The lowest BCUT2D eigenvalue weighted by atomic mass is 10.1. The van der Waals surface area contributed by atoms with E-state index in [-0.39, 0.29) is 40.4 Å². The Morgan fingerprint density at radius 3 is 2.41 bits per heavy atom. The average molecular weight is 624 g/mol. The maximum absolute atomic E-state index is 13.5. The highest BCUT2D eigenvalue weighted by Gasteiger charge is 2.49. The second-order valence-corrected chi connectivity index (χ2v) is 12.9. The molecular weight excluding hydrogens is 597 g/mol. The van der Waals surface area contributed by atoms with Gasteiger partial charge in [-0.25, -0.2) is 26.9 Å². The third-order valence-electron chi connectivity index (χ3n) is 6.87. The summed E-state index contributed by atoms with van der Waals surface area (Å²) >= 11 is 0.602. The highest BCUT2D eigenvalue weighted by molar-refractivity contribution is 7.89. The van der Waals surface area contributed by atoms with Crippen LogP contribution in [0.4, 0.5) is 27.6 Å². The molecule has 3 aromatic heterocycles. The number of aromatic nitrogens is 4. The summed E-state index contributed by atoms with van der Waals surface area (Å²) in [7, 11) is -4.39. The van der Waals surface area contributed by atoms with E-state index in [4.69, 9.17) is 0 Å². The van der Waals surface area contributed by atoms with Crippen molar-refractivity contribution in [2.24, 2.45) is 5.92 Å². The molecule has 5 rings (SSSR count). The largest absolute Gasteiger partial charge is 0.522 e. The van der Waals surface area contributed by atoms with Gasteiger partial charge in [0.1, 0.15) is 4.90 Å². The molecule has 0 radical (unpaired) electrons. The van der Waals surface area contributed by atoms with Crippen LogP contribution in [-0.2, 0) is 19.6 Å². The predicted molar refractivity (Wildman–Crippen MR) is 137 cm³/mol. The molecule has 1 amide bonds. The Bertz CT molecular complexity index is 1550. The normalized spacial score (nSPS) is 17.7. The minimum Gasteiger partial charge on any atom is -0.366 e. The van der Waals surface area contributed by atoms with Gasteiger partial charge in [0.25, 0.3) is 6.43 Å². The maximum Gasteiger partial charge on any atom is 0.522 e. The summed E-state index contributed by atoms with van der Waals surface area (Å²) in [5.74, 6) is -0.131. The first-order valence-electron chi connectivity index (χ1n) is 12.6. The number of nitrogens with one attached hydrogen (secondary N) is 1. The van der Waals surface area contributed by atoms with Crippen LogP contribution in [0.5, 0.6) is 0 Å². The van der Waals surface area contributed by atoms with Crippen LogP contribution >= 0.6 is 11.3 Å². The van der Waals surface area contributed by atoms with Crippen molar-refractivity contribution in [1.29, 1.82) is 0 Å². The van der Waals surface area contributed by atoms with Gasteiger partial charge in [-0.2, -0.15) is 0 Å². The van der Waals surface area contributed by atoms with E-state index in [1.807, 2.05) is 4.90 Å². The zero-order chi connectivity index (χ0) is 29.7. The minimum atomic E-state index is -4.92. The number of amides is 1. The van der Waals surface area contributed by atoms with Crippen LogP contribution < -0.4 is 9.62 Å². The molecule has 41 heavy (non-hydrogen) atoms. The lowest BCUT2D eigenvalue weighted by Gasteiger charge is -2.37. The van der Waals surface area contributed by atoms with Gasteiger partial charge in [0, 0.05) is 38.3 Å². The van der Waals surface area contributed by atoms with Gasteiger partial charge in [0.2, 0.25) is 15.9 Å². The number of piperazine rings is 1. The quantitative estimate of drug-likeness (QED) is 0.360. The summed E-state index contributed by atoms with van der Waals surface area (Å²) in [5, 5.41) is 6.76. The highest BCUT2D eigenvalue weighted by Crippen LogP contribution is 2.40. The van der Waals surface area contributed by atoms with Crippen LogP contribution in [0.1, 0.15) is 38.1 Å². The summed E-state index contributed by atoms with van der Waals surface area (Å²) in [4.78, 5) is 20.1. The fourth-order valence-electron chi connectivity index (χ4n) is 4.55. The Morgan fingerprint density at radius 1 is 1.17 bits per heavy atom. The smallest absolute Gasteiger partial charge is 0.366 e. The van der Waals surface area contributed by atoms with E-state index in [0.29, 0.717) is 48.7 Å². The van der Waals surface area contributed by atoms with Crippen LogP contribution in [0.2, 0.25) is 0 Å². The van der Waals surface area contributed by atoms with Crippen molar-refractivity contribution in [2.75, 3.05) is 37.7 Å². The molecule has 0 spiro atoms. The number of carbonyl (C=O) groups is 1. The molecule has 1 saturated carbocycles. The number of hydrogen-bond donors (Lipinski definition) is 1. The summed E-state index contributed by atoms with van der Waals surface area (Å²) in [6.07, 6.45) is -4.81. The number of anilines is 1. The SMILES string of the molecule is CC(C)C(=O)N1CCN(c2cc(S(=O)(=O)NC3(COC(F)(F)F)CC3)cn3c(-c4nnc(C(F)F)s4)ncc23)CC1. The molecule has 2 fully saturated rings. The van der Waals surface area contributed by atoms with Crippen LogP contribution in [0.3, 0.4) is 0 Å².